The number of rotatable bonds is 3. The Morgan fingerprint density at radius 3 is 2.57 bits per heavy atom. The number of ether oxygens (including phenoxy) is 1. The number of nitrogen functional groups attached to an aromatic ring is 1. The molecule has 0 unspecified atom stereocenters. The summed E-state index contributed by atoms with van der Waals surface area (Å²) < 4.78 is 19.0. The number of carboxylic acids is 1. The molecule has 0 aliphatic rings. The van der Waals surface area contributed by atoms with Crippen molar-refractivity contribution in [3.05, 3.63) is 45.3 Å². The molecule has 0 aliphatic carbocycles. The number of aromatic nitrogens is 1. The van der Waals surface area contributed by atoms with Crippen LogP contribution >= 0.6 is 23.2 Å². The Hall–Kier alpha value is -2.38. The Bertz CT molecular complexity index is 827. The topological polar surface area (TPSA) is 103 Å². The molecule has 0 saturated heterocycles. The van der Waals surface area contributed by atoms with E-state index in [0.717, 1.165) is 7.11 Å². The van der Waals surface area contributed by atoms with Crippen LogP contribution in [0.25, 0.3) is 11.3 Å². The first-order valence-corrected chi connectivity index (χ1v) is 6.79. The van der Waals surface area contributed by atoms with Crippen LogP contribution in [0.1, 0.15) is 20.8 Å². The van der Waals surface area contributed by atoms with Gasteiger partial charge in [-0.25, -0.2) is 19.0 Å². The molecule has 2 rings (SSSR count). The second-order valence-corrected chi connectivity index (χ2v) is 5.13. The zero-order valence-corrected chi connectivity index (χ0v) is 13.1. The minimum absolute atomic E-state index is 0.0944. The molecule has 0 bridgehead atoms. The monoisotopic (exact) mass is 358 g/mol. The lowest BCUT2D eigenvalue weighted by Gasteiger charge is -2.11. The molecule has 23 heavy (non-hydrogen) atoms. The molecular formula is C14H9Cl2FN2O4. The molecule has 0 amide bonds. The zero-order chi connectivity index (χ0) is 17.3. The standard InChI is InChI=1S/C14H9Cl2FN2O4/c1-23-14(22)9-6(15)3-2-5(11(9)17)8-4-7(18)10(16)12(19-8)13(20)21/h2-4H,1H3,(H2,18,19)(H,20,21). The molecular weight excluding hydrogens is 350 g/mol. The number of benzene rings is 1. The summed E-state index contributed by atoms with van der Waals surface area (Å²) in [5.74, 6) is -3.41. The van der Waals surface area contributed by atoms with Crippen LogP contribution in [0.4, 0.5) is 10.1 Å². The molecule has 0 fully saturated rings. The highest BCUT2D eigenvalue weighted by Crippen LogP contribution is 2.32. The summed E-state index contributed by atoms with van der Waals surface area (Å²) >= 11 is 11.6. The number of pyridine rings is 1. The number of hydrogen-bond donors (Lipinski definition) is 2. The second kappa shape index (κ2) is 6.39. The predicted molar refractivity (Wildman–Crippen MR) is 82.4 cm³/mol. The van der Waals surface area contributed by atoms with Gasteiger partial charge < -0.3 is 15.6 Å². The number of aromatic carboxylic acids is 1. The average Bonchev–Trinajstić information content (AvgIpc) is 2.49. The van der Waals surface area contributed by atoms with E-state index < -0.39 is 29.0 Å². The Labute approximate surface area is 139 Å². The normalized spacial score (nSPS) is 10.4. The van der Waals surface area contributed by atoms with Crippen LogP contribution in [0.2, 0.25) is 10.0 Å². The van der Waals surface area contributed by atoms with E-state index in [9.17, 15) is 14.0 Å². The number of esters is 1. The Morgan fingerprint density at radius 1 is 1.35 bits per heavy atom. The Kier molecular flexibility index (Phi) is 4.72. The van der Waals surface area contributed by atoms with Crippen molar-refractivity contribution in [3.8, 4) is 11.3 Å². The quantitative estimate of drug-likeness (QED) is 0.816. The number of carbonyl (C=O) groups is 2. The lowest BCUT2D eigenvalue weighted by atomic mass is 10.1. The van der Waals surface area contributed by atoms with Crippen LogP contribution in [0.15, 0.2) is 18.2 Å². The summed E-state index contributed by atoms with van der Waals surface area (Å²) in [6.07, 6.45) is 0. The lowest BCUT2D eigenvalue weighted by Crippen LogP contribution is -2.09. The molecule has 1 aromatic carbocycles. The van der Waals surface area contributed by atoms with Crippen molar-refractivity contribution in [1.82, 2.24) is 4.98 Å². The number of carbonyl (C=O) groups excluding carboxylic acids is 1. The van der Waals surface area contributed by atoms with E-state index in [0.29, 0.717) is 0 Å². The zero-order valence-electron chi connectivity index (χ0n) is 11.6. The number of halogens is 3. The lowest BCUT2D eigenvalue weighted by molar-refractivity contribution is 0.0594. The van der Waals surface area contributed by atoms with Crippen molar-refractivity contribution >= 4 is 40.8 Å². The van der Waals surface area contributed by atoms with Gasteiger partial charge in [0.1, 0.15) is 11.4 Å². The van der Waals surface area contributed by atoms with Gasteiger partial charge in [0.05, 0.1) is 28.5 Å². The smallest absolute Gasteiger partial charge is 0.356 e. The van der Waals surface area contributed by atoms with E-state index in [1.54, 1.807) is 0 Å². The third-order valence-corrected chi connectivity index (χ3v) is 3.66. The SMILES string of the molecule is COC(=O)c1c(Cl)ccc(-c2cc(N)c(Cl)c(C(=O)O)n2)c1F. The number of hydrogen-bond acceptors (Lipinski definition) is 5. The largest absolute Gasteiger partial charge is 0.476 e. The van der Waals surface area contributed by atoms with Gasteiger partial charge in [-0.3, -0.25) is 0 Å². The fourth-order valence-electron chi connectivity index (χ4n) is 1.87. The first kappa shape index (κ1) is 17.0. The van der Waals surface area contributed by atoms with Crippen molar-refractivity contribution in [2.75, 3.05) is 12.8 Å². The van der Waals surface area contributed by atoms with Crippen LogP contribution < -0.4 is 5.73 Å². The van der Waals surface area contributed by atoms with Crippen LogP contribution in [0.3, 0.4) is 0 Å². The third-order valence-electron chi connectivity index (χ3n) is 2.94. The van der Waals surface area contributed by atoms with Gasteiger partial charge in [-0.05, 0) is 18.2 Å². The van der Waals surface area contributed by atoms with E-state index >= 15 is 0 Å². The molecule has 2 aromatic rings. The minimum Gasteiger partial charge on any atom is -0.476 e. The Morgan fingerprint density at radius 2 is 2.00 bits per heavy atom. The second-order valence-electron chi connectivity index (χ2n) is 4.34. The van der Waals surface area contributed by atoms with Gasteiger partial charge in [0.25, 0.3) is 0 Å². The summed E-state index contributed by atoms with van der Waals surface area (Å²) in [7, 11) is 1.08. The van der Waals surface area contributed by atoms with Crippen LogP contribution in [-0.2, 0) is 4.74 Å². The van der Waals surface area contributed by atoms with Gasteiger partial charge in [0.2, 0.25) is 0 Å². The number of nitrogens with zero attached hydrogens (tertiary/aromatic N) is 1. The highest BCUT2D eigenvalue weighted by molar-refractivity contribution is 6.35. The summed E-state index contributed by atoms with van der Waals surface area (Å²) in [6.45, 7) is 0. The number of methoxy groups -OCH3 is 1. The maximum atomic E-state index is 14.6. The van der Waals surface area contributed by atoms with Gasteiger partial charge in [-0.2, -0.15) is 0 Å². The molecule has 0 radical (unpaired) electrons. The first-order chi connectivity index (χ1) is 10.8. The van der Waals surface area contributed by atoms with Gasteiger partial charge >= 0.3 is 11.9 Å². The van der Waals surface area contributed by atoms with Crippen molar-refractivity contribution in [3.63, 3.8) is 0 Å². The highest BCUT2D eigenvalue weighted by atomic mass is 35.5. The van der Waals surface area contributed by atoms with Crippen LogP contribution in [-0.4, -0.2) is 29.1 Å². The van der Waals surface area contributed by atoms with Crippen LogP contribution in [0.5, 0.6) is 0 Å². The highest BCUT2D eigenvalue weighted by Gasteiger charge is 2.23. The number of carboxylic acid groups (broad SMARTS) is 1. The van der Waals surface area contributed by atoms with Crippen molar-refractivity contribution in [2.45, 2.75) is 0 Å². The first-order valence-electron chi connectivity index (χ1n) is 6.04. The molecule has 0 spiro atoms. The van der Waals surface area contributed by atoms with Crippen molar-refractivity contribution in [2.24, 2.45) is 0 Å². The van der Waals surface area contributed by atoms with E-state index in [4.69, 9.17) is 34.0 Å². The molecule has 1 aromatic heterocycles. The molecule has 9 heteroatoms. The molecule has 3 N–H and O–H groups in total. The summed E-state index contributed by atoms with van der Waals surface area (Å²) in [4.78, 5) is 26.5. The molecule has 6 nitrogen and oxygen atoms in total. The third kappa shape index (κ3) is 3.06. The fourth-order valence-corrected chi connectivity index (χ4v) is 2.27. The van der Waals surface area contributed by atoms with Crippen LogP contribution in [0, 0.1) is 5.82 Å². The number of nitrogens with two attached hydrogens (primary N) is 1. The molecule has 120 valence electrons. The molecule has 0 aliphatic heterocycles. The van der Waals surface area contributed by atoms with Crippen molar-refractivity contribution in [1.29, 1.82) is 0 Å². The van der Waals surface area contributed by atoms with E-state index in [2.05, 4.69) is 9.72 Å². The summed E-state index contributed by atoms with van der Waals surface area (Å²) in [6, 6.07) is 3.70. The van der Waals surface area contributed by atoms with E-state index in [1.165, 1.54) is 18.2 Å². The van der Waals surface area contributed by atoms with Gasteiger partial charge in [0.15, 0.2) is 5.69 Å². The molecule has 0 saturated carbocycles. The van der Waals surface area contributed by atoms with Gasteiger partial charge in [0, 0.05) is 5.56 Å². The maximum Gasteiger partial charge on any atom is 0.356 e. The van der Waals surface area contributed by atoms with E-state index in [1.807, 2.05) is 0 Å². The maximum absolute atomic E-state index is 14.6. The fraction of sp³-hybridized carbons (Fsp3) is 0.0714. The average molecular weight is 359 g/mol. The summed E-state index contributed by atoms with van der Waals surface area (Å²) in [5, 5.41) is 8.65. The predicted octanol–water partition coefficient (Wildman–Crippen LogP) is 3.26. The van der Waals surface area contributed by atoms with E-state index in [-0.39, 0.29) is 27.0 Å². The molecule has 1 heterocycles. The number of anilines is 1. The van der Waals surface area contributed by atoms with Gasteiger partial charge in [-0.15, -0.1) is 0 Å². The van der Waals surface area contributed by atoms with Crippen molar-refractivity contribution < 1.29 is 23.8 Å². The minimum atomic E-state index is -1.42. The summed E-state index contributed by atoms with van der Waals surface area (Å²) in [5.41, 5.74) is 4.24. The Balaban J connectivity index is 2.73. The van der Waals surface area contributed by atoms with Gasteiger partial charge in [-0.1, -0.05) is 23.2 Å². The molecule has 0 atom stereocenters.